The van der Waals surface area contributed by atoms with Crippen LogP contribution in [0.1, 0.15) is 0 Å². The molecule has 0 saturated heterocycles. The number of benzene rings is 10. The van der Waals surface area contributed by atoms with Crippen molar-refractivity contribution in [3.05, 3.63) is 206 Å². The highest BCUT2D eigenvalue weighted by Crippen LogP contribution is 2.48. The summed E-state index contributed by atoms with van der Waals surface area (Å²) in [4.78, 5) is 0. The molecule has 0 fully saturated rings. The smallest absolute Gasteiger partial charge is 0.101 e. The molecule has 2 nitrogen and oxygen atoms in total. The molecule has 1 heterocycles. The Morgan fingerprint density at radius 1 is 0.327 bits per heavy atom. The van der Waals surface area contributed by atoms with Crippen molar-refractivity contribution < 1.29 is 0 Å². The van der Waals surface area contributed by atoms with Gasteiger partial charge in [-0.15, -0.1) is 0 Å². The summed E-state index contributed by atoms with van der Waals surface area (Å²) >= 11 is 0. The van der Waals surface area contributed by atoms with Crippen molar-refractivity contribution in [3.63, 3.8) is 0 Å². The van der Waals surface area contributed by atoms with Crippen LogP contribution in [-0.4, -0.2) is 9.78 Å². The summed E-state index contributed by atoms with van der Waals surface area (Å²) < 4.78 is 2.16. The summed E-state index contributed by atoms with van der Waals surface area (Å²) in [6, 6.07) is 74.6. The number of nitrogens with zero attached hydrogens (tertiary/aromatic N) is 2. The van der Waals surface area contributed by atoms with Gasteiger partial charge in [-0.2, -0.15) is 5.10 Å². The molecule has 0 radical (unpaired) electrons. The van der Waals surface area contributed by atoms with Crippen LogP contribution in [-0.2, 0) is 0 Å². The minimum Gasteiger partial charge on any atom is -0.232 e. The van der Waals surface area contributed by atoms with Gasteiger partial charge in [0.1, 0.15) is 5.69 Å². The SMILES string of the molecule is c1ccc(-c2cc3c(-c4c5ccccc5c(-c5ccc6ccccc6c5)c5ccccc45)cccc3c3c2c(-c2ccccc2)nn3-c2ccccc2)cc1. The molecule has 0 bridgehead atoms. The zero-order chi connectivity index (χ0) is 36.3. The Labute approximate surface area is 319 Å². The molecule has 11 rings (SSSR count). The number of hydrogen-bond donors (Lipinski definition) is 0. The lowest BCUT2D eigenvalue weighted by Crippen LogP contribution is -1.97. The van der Waals surface area contributed by atoms with E-state index in [1.54, 1.807) is 0 Å². The van der Waals surface area contributed by atoms with Gasteiger partial charge in [0.25, 0.3) is 0 Å². The highest BCUT2D eigenvalue weighted by molar-refractivity contribution is 6.26. The minimum absolute atomic E-state index is 0.973. The van der Waals surface area contributed by atoms with Crippen molar-refractivity contribution in [2.45, 2.75) is 0 Å². The highest BCUT2D eigenvalue weighted by Gasteiger charge is 2.24. The van der Waals surface area contributed by atoms with E-state index in [9.17, 15) is 0 Å². The number of hydrogen-bond acceptors (Lipinski definition) is 1. The normalized spacial score (nSPS) is 11.6. The standard InChI is InChI=1S/C53H34N2/c1-4-18-36(19-5-1)47-34-48-45(29-16-30-46(48)53-51(47)52(37-20-6-2-7-21-37)54-55(53)40-23-8-3-9-24-40)50-43-27-14-12-25-41(43)49(42-26-13-15-28-44(42)50)39-32-31-35-17-10-11-22-38(35)33-39/h1-34H. The fourth-order valence-electron chi connectivity index (χ4n) is 8.76. The lowest BCUT2D eigenvalue weighted by molar-refractivity contribution is 0.918. The fraction of sp³-hybridized carbons (Fsp3) is 0. The second-order valence-electron chi connectivity index (χ2n) is 14.3. The predicted molar refractivity (Wildman–Crippen MR) is 233 cm³/mol. The fourth-order valence-corrected chi connectivity index (χ4v) is 8.76. The van der Waals surface area contributed by atoms with E-state index in [1.165, 1.54) is 60.0 Å². The largest absolute Gasteiger partial charge is 0.232 e. The number of fused-ring (bicyclic) bond motifs is 6. The summed E-state index contributed by atoms with van der Waals surface area (Å²) in [6.07, 6.45) is 0. The van der Waals surface area contributed by atoms with Gasteiger partial charge in [-0.3, -0.25) is 0 Å². The topological polar surface area (TPSA) is 17.8 Å². The lowest BCUT2D eigenvalue weighted by Gasteiger charge is -2.20. The second-order valence-corrected chi connectivity index (χ2v) is 14.3. The van der Waals surface area contributed by atoms with E-state index in [0.29, 0.717) is 0 Å². The first-order valence-corrected chi connectivity index (χ1v) is 18.9. The van der Waals surface area contributed by atoms with Crippen molar-refractivity contribution in [1.82, 2.24) is 9.78 Å². The van der Waals surface area contributed by atoms with Gasteiger partial charge in [-0.1, -0.05) is 182 Å². The van der Waals surface area contributed by atoms with Crippen LogP contribution in [0.15, 0.2) is 206 Å². The highest BCUT2D eigenvalue weighted by atomic mass is 15.3. The van der Waals surface area contributed by atoms with Crippen molar-refractivity contribution in [1.29, 1.82) is 0 Å². The van der Waals surface area contributed by atoms with Crippen LogP contribution in [0.4, 0.5) is 0 Å². The Morgan fingerprint density at radius 2 is 0.873 bits per heavy atom. The molecule has 0 aliphatic heterocycles. The van der Waals surface area contributed by atoms with Crippen LogP contribution in [0.3, 0.4) is 0 Å². The zero-order valence-electron chi connectivity index (χ0n) is 30.0. The van der Waals surface area contributed by atoms with E-state index in [1.807, 2.05) is 0 Å². The third-order valence-corrected chi connectivity index (χ3v) is 11.2. The second kappa shape index (κ2) is 12.7. The van der Waals surface area contributed by atoms with Crippen LogP contribution in [0, 0.1) is 0 Å². The van der Waals surface area contributed by atoms with Gasteiger partial charge in [0.2, 0.25) is 0 Å². The number of rotatable bonds is 5. The average Bonchev–Trinajstić information content (AvgIpc) is 3.67. The molecular weight excluding hydrogens is 665 g/mol. The quantitative estimate of drug-likeness (QED) is 0.164. The van der Waals surface area contributed by atoms with E-state index in [-0.39, 0.29) is 0 Å². The van der Waals surface area contributed by atoms with E-state index < -0.39 is 0 Å². The Morgan fingerprint density at radius 3 is 1.55 bits per heavy atom. The molecule has 1 aromatic heterocycles. The van der Waals surface area contributed by atoms with Crippen molar-refractivity contribution in [2.75, 3.05) is 0 Å². The third-order valence-electron chi connectivity index (χ3n) is 11.2. The van der Waals surface area contributed by atoms with Crippen molar-refractivity contribution >= 4 is 54.0 Å². The molecule has 11 aromatic rings. The lowest BCUT2D eigenvalue weighted by atomic mass is 9.83. The van der Waals surface area contributed by atoms with Crippen LogP contribution < -0.4 is 0 Å². The zero-order valence-corrected chi connectivity index (χ0v) is 30.0. The molecule has 0 N–H and O–H groups in total. The molecule has 55 heavy (non-hydrogen) atoms. The summed E-state index contributed by atoms with van der Waals surface area (Å²) in [5, 5.41) is 16.4. The number of aromatic nitrogens is 2. The third kappa shape index (κ3) is 5.00. The predicted octanol–water partition coefficient (Wildman–Crippen LogP) is 14.3. The van der Waals surface area contributed by atoms with Crippen LogP contribution in [0.2, 0.25) is 0 Å². The molecule has 0 amide bonds. The average molecular weight is 699 g/mol. The molecular formula is C53H34N2. The first-order valence-electron chi connectivity index (χ1n) is 18.9. The monoisotopic (exact) mass is 698 g/mol. The summed E-state index contributed by atoms with van der Waals surface area (Å²) in [5.41, 5.74) is 11.5. The van der Waals surface area contributed by atoms with Crippen LogP contribution in [0.5, 0.6) is 0 Å². The van der Waals surface area contributed by atoms with Gasteiger partial charge in [0.15, 0.2) is 0 Å². The molecule has 0 saturated carbocycles. The maximum atomic E-state index is 5.45. The first kappa shape index (κ1) is 31.3. The number of para-hydroxylation sites is 1. The van der Waals surface area contributed by atoms with Crippen molar-refractivity contribution in [3.8, 4) is 50.3 Å². The van der Waals surface area contributed by atoms with Gasteiger partial charge >= 0.3 is 0 Å². The maximum Gasteiger partial charge on any atom is 0.101 e. The molecule has 2 heteroatoms. The summed E-state index contributed by atoms with van der Waals surface area (Å²) in [6.45, 7) is 0. The molecule has 0 aliphatic carbocycles. The van der Waals surface area contributed by atoms with Crippen LogP contribution >= 0.6 is 0 Å². The van der Waals surface area contributed by atoms with Gasteiger partial charge < -0.3 is 0 Å². The van der Waals surface area contributed by atoms with Gasteiger partial charge in [0, 0.05) is 16.3 Å². The molecule has 256 valence electrons. The Balaban J connectivity index is 1.29. The van der Waals surface area contributed by atoms with E-state index in [4.69, 9.17) is 5.10 Å². The molecule has 10 aromatic carbocycles. The molecule has 0 aliphatic rings. The van der Waals surface area contributed by atoms with Gasteiger partial charge in [-0.25, -0.2) is 4.68 Å². The Hall–Kier alpha value is -7.29. The van der Waals surface area contributed by atoms with Crippen molar-refractivity contribution in [2.24, 2.45) is 0 Å². The summed E-state index contributed by atoms with van der Waals surface area (Å²) in [5.74, 6) is 0. The Bertz CT molecular complexity index is 3180. The van der Waals surface area contributed by atoms with E-state index in [2.05, 4.69) is 211 Å². The maximum absolute atomic E-state index is 5.45. The molecule has 0 spiro atoms. The van der Waals surface area contributed by atoms with Crippen LogP contribution in [0.25, 0.3) is 104 Å². The van der Waals surface area contributed by atoms with Gasteiger partial charge in [-0.05, 0) is 95.3 Å². The molecule has 0 unspecified atom stereocenters. The van der Waals surface area contributed by atoms with E-state index in [0.717, 1.165) is 44.4 Å². The Kier molecular flexibility index (Phi) is 7.21. The first-order chi connectivity index (χ1) is 27.3. The molecule has 0 atom stereocenters. The summed E-state index contributed by atoms with van der Waals surface area (Å²) in [7, 11) is 0. The van der Waals surface area contributed by atoms with Gasteiger partial charge in [0.05, 0.1) is 11.2 Å². The minimum atomic E-state index is 0.973. The van der Waals surface area contributed by atoms with E-state index >= 15 is 0 Å².